The summed E-state index contributed by atoms with van der Waals surface area (Å²) in [6.07, 6.45) is -1.29. The number of hydrogen-bond acceptors (Lipinski definition) is 5. The first-order chi connectivity index (χ1) is 18.7. The van der Waals surface area contributed by atoms with Crippen molar-refractivity contribution in [2.75, 3.05) is 13.1 Å². The number of nitrogens with one attached hydrogen (secondary N) is 2. The number of hydrogen-bond donors (Lipinski definition) is 4. The molecule has 1 fully saturated rings. The summed E-state index contributed by atoms with van der Waals surface area (Å²) in [5.74, 6) is -5.69. The van der Waals surface area contributed by atoms with Crippen LogP contribution < -0.4 is 10.6 Å². The van der Waals surface area contributed by atoms with Gasteiger partial charge in [0.2, 0.25) is 5.91 Å². The summed E-state index contributed by atoms with van der Waals surface area (Å²) in [4.78, 5) is 40.7. The van der Waals surface area contributed by atoms with Crippen LogP contribution in [0.4, 0.5) is 8.78 Å². The highest BCUT2D eigenvalue weighted by atomic mass is 19.3. The zero-order valence-corrected chi connectivity index (χ0v) is 23.6. The molecule has 0 bridgehead atoms. The molecule has 8 nitrogen and oxygen atoms in total. The van der Waals surface area contributed by atoms with Crippen LogP contribution in [0.15, 0.2) is 48.5 Å². The summed E-state index contributed by atoms with van der Waals surface area (Å²) in [5.41, 5.74) is -0.782. The van der Waals surface area contributed by atoms with Gasteiger partial charge in [-0.05, 0) is 43.4 Å². The molecule has 0 radical (unpaired) electrons. The Bertz CT molecular complexity index is 1220. The number of aliphatic hydroxyl groups excluding tert-OH is 1. The number of likely N-dealkylation sites (tertiary alicyclic amines) is 1. The van der Waals surface area contributed by atoms with E-state index in [0.717, 1.165) is 4.90 Å². The monoisotopic (exact) mass is 559 g/mol. The summed E-state index contributed by atoms with van der Waals surface area (Å²) in [6.45, 7) is 7.15. The predicted molar refractivity (Wildman–Crippen MR) is 147 cm³/mol. The van der Waals surface area contributed by atoms with Crippen LogP contribution in [0.2, 0.25) is 0 Å². The zero-order chi connectivity index (χ0) is 29.8. The van der Waals surface area contributed by atoms with Gasteiger partial charge >= 0.3 is 0 Å². The lowest BCUT2D eigenvalue weighted by Crippen LogP contribution is -2.57. The molecule has 4 N–H and O–H groups in total. The third-order valence-corrected chi connectivity index (χ3v) is 7.66. The highest BCUT2D eigenvalue weighted by Crippen LogP contribution is 2.48. The Balaban J connectivity index is 1.92. The van der Waals surface area contributed by atoms with Crippen molar-refractivity contribution in [2.45, 2.75) is 71.6 Å². The SMILES string of the molecule is Cc1c(O)cccc1C(=O)NC(Cc1ccccc1)C(O)C(=O)N1CC(F)(F)C(C)(C)C1C(=O)NCCC(C)C. The number of rotatable bonds is 10. The first kappa shape index (κ1) is 31.0. The molecule has 3 atom stereocenters. The highest BCUT2D eigenvalue weighted by molar-refractivity contribution is 5.97. The summed E-state index contributed by atoms with van der Waals surface area (Å²) < 4.78 is 30.3. The van der Waals surface area contributed by atoms with E-state index in [4.69, 9.17) is 0 Å². The molecule has 3 rings (SSSR count). The molecule has 1 heterocycles. The van der Waals surface area contributed by atoms with E-state index in [9.17, 15) is 24.6 Å². The average Bonchev–Trinajstić information content (AvgIpc) is 3.08. The van der Waals surface area contributed by atoms with E-state index in [1.807, 2.05) is 13.8 Å². The molecule has 2 aromatic carbocycles. The number of benzene rings is 2. The number of phenolic OH excluding ortho intramolecular Hbond substituents is 1. The van der Waals surface area contributed by atoms with Crippen molar-refractivity contribution >= 4 is 17.7 Å². The molecule has 0 saturated carbocycles. The van der Waals surface area contributed by atoms with Crippen LogP contribution in [0, 0.1) is 18.3 Å². The largest absolute Gasteiger partial charge is 0.508 e. The van der Waals surface area contributed by atoms with Crippen molar-refractivity contribution in [2.24, 2.45) is 11.3 Å². The Morgan fingerprint density at radius 1 is 1.07 bits per heavy atom. The maximum absolute atomic E-state index is 15.2. The lowest BCUT2D eigenvalue weighted by Gasteiger charge is -2.34. The van der Waals surface area contributed by atoms with E-state index in [-0.39, 0.29) is 30.2 Å². The first-order valence-corrected chi connectivity index (χ1v) is 13.4. The molecule has 2 aromatic rings. The lowest BCUT2D eigenvalue weighted by molar-refractivity contribution is -0.148. The van der Waals surface area contributed by atoms with Gasteiger partial charge in [0.05, 0.1) is 18.0 Å². The van der Waals surface area contributed by atoms with Gasteiger partial charge in [0.25, 0.3) is 17.7 Å². The summed E-state index contributed by atoms with van der Waals surface area (Å²) in [6, 6.07) is 10.4. The van der Waals surface area contributed by atoms with Crippen LogP contribution in [0.25, 0.3) is 0 Å². The van der Waals surface area contributed by atoms with Gasteiger partial charge in [-0.25, -0.2) is 8.78 Å². The topological polar surface area (TPSA) is 119 Å². The smallest absolute Gasteiger partial charge is 0.272 e. The molecular weight excluding hydrogens is 520 g/mol. The Labute approximate surface area is 233 Å². The van der Waals surface area contributed by atoms with Crippen LogP contribution in [-0.2, 0) is 16.0 Å². The van der Waals surface area contributed by atoms with Gasteiger partial charge < -0.3 is 25.7 Å². The number of alkyl halides is 2. The maximum Gasteiger partial charge on any atom is 0.272 e. The third-order valence-electron chi connectivity index (χ3n) is 7.66. The Hall–Kier alpha value is -3.53. The van der Waals surface area contributed by atoms with Crippen molar-refractivity contribution in [3.05, 3.63) is 65.2 Å². The number of phenols is 1. The fourth-order valence-corrected chi connectivity index (χ4v) is 4.92. The van der Waals surface area contributed by atoms with Crippen LogP contribution in [-0.4, -0.2) is 70.0 Å². The Morgan fingerprint density at radius 2 is 1.73 bits per heavy atom. The number of aliphatic hydroxyl groups is 1. The minimum Gasteiger partial charge on any atom is -0.508 e. The zero-order valence-electron chi connectivity index (χ0n) is 23.6. The molecule has 0 aliphatic carbocycles. The average molecular weight is 560 g/mol. The van der Waals surface area contributed by atoms with Crippen LogP contribution in [0.5, 0.6) is 5.75 Å². The maximum atomic E-state index is 15.2. The fourth-order valence-electron chi connectivity index (χ4n) is 4.92. The Kier molecular flexibility index (Phi) is 9.56. The van der Waals surface area contributed by atoms with E-state index < -0.39 is 53.8 Å². The molecule has 1 aliphatic heterocycles. The van der Waals surface area contributed by atoms with E-state index in [1.165, 1.54) is 32.0 Å². The molecular formula is C30H39F2N3O5. The van der Waals surface area contributed by atoms with E-state index in [0.29, 0.717) is 17.5 Å². The van der Waals surface area contributed by atoms with Gasteiger partial charge in [0.1, 0.15) is 11.8 Å². The van der Waals surface area contributed by atoms with Gasteiger partial charge in [0.15, 0.2) is 6.10 Å². The van der Waals surface area contributed by atoms with Crippen LogP contribution in [0.1, 0.15) is 55.6 Å². The normalized spacial score (nSPS) is 19.2. The molecule has 0 spiro atoms. The first-order valence-electron chi connectivity index (χ1n) is 13.4. The van der Waals surface area contributed by atoms with Crippen molar-refractivity contribution in [3.63, 3.8) is 0 Å². The minimum absolute atomic E-state index is 0.0101. The molecule has 1 saturated heterocycles. The van der Waals surface area contributed by atoms with Crippen molar-refractivity contribution in [1.29, 1.82) is 0 Å². The van der Waals surface area contributed by atoms with E-state index in [2.05, 4.69) is 10.6 Å². The van der Waals surface area contributed by atoms with Gasteiger partial charge in [-0.1, -0.05) is 64.1 Å². The molecule has 40 heavy (non-hydrogen) atoms. The Morgan fingerprint density at radius 3 is 2.35 bits per heavy atom. The quantitative estimate of drug-likeness (QED) is 0.356. The van der Waals surface area contributed by atoms with Gasteiger partial charge in [-0.15, -0.1) is 0 Å². The van der Waals surface area contributed by atoms with Crippen LogP contribution in [0.3, 0.4) is 0 Å². The van der Waals surface area contributed by atoms with E-state index in [1.54, 1.807) is 37.3 Å². The molecule has 3 amide bonds. The van der Waals surface area contributed by atoms with Crippen LogP contribution >= 0.6 is 0 Å². The lowest BCUT2D eigenvalue weighted by atomic mass is 9.81. The highest BCUT2D eigenvalue weighted by Gasteiger charge is 2.64. The van der Waals surface area contributed by atoms with Crippen molar-refractivity contribution < 1.29 is 33.4 Å². The van der Waals surface area contributed by atoms with Gasteiger partial charge in [0, 0.05) is 17.7 Å². The summed E-state index contributed by atoms with van der Waals surface area (Å²) in [5, 5.41) is 26.6. The molecule has 218 valence electrons. The fraction of sp³-hybridized carbons (Fsp3) is 0.500. The predicted octanol–water partition coefficient (Wildman–Crippen LogP) is 3.44. The van der Waals surface area contributed by atoms with Gasteiger partial charge in [-0.2, -0.15) is 0 Å². The number of aromatic hydroxyl groups is 1. The number of halogens is 2. The standard InChI is InChI=1S/C30H39F2N3O5/c1-18(2)14-15-33-27(39)25-29(4,5)30(31,32)17-35(25)28(40)24(37)22(16-20-10-7-6-8-11-20)34-26(38)21-12-9-13-23(36)19(21)3/h6-13,18,22,24-25,36-37H,14-17H2,1-5H3,(H,33,39)(H,34,38). The number of amides is 3. The number of nitrogens with zero attached hydrogens (tertiary/aromatic N) is 1. The molecule has 1 aliphatic rings. The summed E-state index contributed by atoms with van der Waals surface area (Å²) >= 11 is 0. The summed E-state index contributed by atoms with van der Waals surface area (Å²) in [7, 11) is 0. The second kappa shape index (κ2) is 12.3. The minimum atomic E-state index is -3.40. The molecule has 10 heteroatoms. The van der Waals surface area contributed by atoms with Crippen molar-refractivity contribution in [1.82, 2.24) is 15.5 Å². The second-order valence-electron chi connectivity index (χ2n) is 11.4. The van der Waals surface area contributed by atoms with Crippen molar-refractivity contribution in [3.8, 4) is 5.75 Å². The van der Waals surface area contributed by atoms with E-state index >= 15 is 8.78 Å². The number of carbonyl (C=O) groups is 3. The second-order valence-corrected chi connectivity index (χ2v) is 11.4. The number of carbonyl (C=O) groups excluding carboxylic acids is 3. The third kappa shape index (κ3) is 6.60. The molecule has 0 aromatic heterocycles. The van der Waals surface area contributed by atoms with Gasteiger partial charge in [-0.3, -0.25) is 14.4 Å². The molecule has 3 unspecified atom stereocenters.